The maximum atomic E-state index is 10.0. The molecule has 2 aromatic rings. The number of ether oxygens (including phenoxy) is 1. The van der Waals surface area contributed by atoms with Crippen molar-refractivity contribution in [2.75, 3.05) is 27.2 Å². The summed E-state index contributed by atoms with van der Waals surface area (Å²) in [5, 5.41) is 17.6. The van der Waals surface area contributed by atoms with Crippen LogP contribution in [-0.2, 0) is 20.0 Å². The van der Waals surface area contributed by atoms with Gasteiger partial charge in [-0.25, -0.2) is 0 Å². The lowest BCUT2D eigenvalue weighted by Crippen LogP contribution is -2.39. The number of phenolic OH excluding ortho intramolecular Hbond substituents is 1. The second kappa shape index (κ2) is 8.12. The largest absolute Gasteiger partial charge is 0.508 e. The average molecular weight is 357 g/mol. The summed E-state index contributed by atoms with van der Waals surface area (Å²) >= 11 is 0. The van der Waals surface area contributed by atoms with Gasteiger partial charge in [-0.05, 0) is 42.5 Å². The van der Waals surface area contributed by atoms with E-state index in [-0.39, 0.29) is 5.75 Å². The van der Waals surface area contributed by atoms with Crippen molar-refractivity contribution >= 4 is 5.96 Å². The van der Waals surface area contributed by atoms with Gasteiger partial charge >= 0.3 is 0 Å². The van der Waals surface area contributed by atoms with Crippen LogP contribution in [0.4, 0.5) is 0 Å². The van der Waals surface area contributed by atoms with E-state index in [0.717, 1.165) is 43.2 Å². The van der Waals surface area contributed by atoms with Crippen molar-refractivity contribution < 1.29 is 9.84 Å². The van der Waals surface area contributed by atoms with Crippen molar-refractivity contribution in [1.82, 2.24) is 20.0 Å². The van der Waals surface area contributed by atoms with Gasteiger partial charge in [0.2, 0.25) is 0 Å². The first-order chi connectivity index (χ1) is 12.6. The molecule has 0 bridgehead atoms. The highest BCUT2D eigenvalue weighted by atomic mass is 16.5. The van der Waals surface area contributed by atoms with E-state index in [9.17, 15) is 5.11 Å². The molecule has 140 valence electrons. The summed E-state index contributed by atoms with van der Waals surface area (Å²) in [6.07, 6.45) is 6.21. The third kappa shape index (κ3) is 4.28. The number of aromatic hydroxyl groups is 1. The number of hydrogen-bond donors (Lipinski definition) is 2. The second-order valence-electron chi connectivity index (χ2n) is 6.72. The molecular formula is C19H27N5O2. The van der Waals surface area contributed by atoms with Crippen LogP contribution in [0.2, 0.25) is 0 Å². The zero-order valence-electron chi connectivity index (χ0n) is 15.6. The van der Waals surface area contributed by atoms with Crippen LogP contribution < -0.4 is 10.1 Å². The van der Waals surface area contributed by atoms with Gasteiger partial charge in [0, 0.05) is 45.5 Å². The first-order valence-electron chi connectivity index (χ1n) is 8.88. The topological polar surface area (TPSA) is 74.9 Å². The summed E-state index contributed by atoms with van der Waals surface area (Å²) < 4.78 is 7.08. The summed E-state index contributed by atoms with van der Waals surface area (Å²) in [6, 6.07) is 5.24. The highest BCUT2D eigenvalue weighted by molar-refractivity contribution is 5.80. The van der Waals surface area contributed by atoms with Crippen molar-refractivity contribution in [2.45, 2.75) is 19.4 Å². The number of methoxy groups -OCH3 is 1. The Hall–Kier alpha value is -2.70. The lowest BCUT2D eigenvalue weighted by Gasteiger charge is -2.22. The minimum atomic E-state index is 0.254. The van der Waals surface area contributed by atoms with E-state index in [0.29, 0.717) is 12.5 Å². The normalized spacial score (nSPS) is 17.6. The fraction of sp³-hybridized carbons (Fsp3) is 0.474. The van der Waals surface area contributed by atoms with E-state index < -0.39 is 0 Å². The number of benzene rings is 1. The third-order valence-electron chi connectivity index (χ3n) is 4.80. The van der Waals surface area contributed by atoms with Gasteiger partial charge in [-0.3, -0.25) is 9.67 Å². The molecule has 2 N–H and O–H groups in total. The molecule has 0 aliphatic carbocycles. The molecule has 1 aromatic heterocycles. The summed E-state index contributed by atoms with van der Waals surface area (Å²) in [6.45, 7) is 2.45. The Balaban J connectivity index is 1.56. The summed E-state index contributed by atoms with van der Waals surface area (Å²) in [5.74, 6) is 2.45. The number of hydrogen-bond acceptors (Lipinski definition) is 4. The van der Waals surface area contributed by atoms with E-state index in [2.05, 4.69) is 26.5 Å². The molecule has 2 heterocycles. The van der Waals surface area contributed by atoms with Gasteiger partial charge in [-0.15, -0.1) is 0 Å². The molecule has 0 spiro atoms. The molecule has 26 heavy (non-hydrogen) atoms. The van der Waals surface area contributed by atoms with Crippen LogP contribution in [0.3, 0.4) is 0 Å². The first kappa shape index (κ1) is 18.1. The number of rotatable bonds is 5. The number of aliphatic imine (C=N–C) groups is 1. The maximum Gasteiger partial charge on any atom is 0.193 e. The van der Waals surface area contributed by atoms with Crippen LogP contribution in [0.1, 0.15) is 17.5 Å². The van der Waals surface area contributed by atoms with E-state index in [1.807, 2.05) is 24.0 Å². The highest BCUT2D eigenvalue weighted by Crippen LogP contribution is 2.23. The molecule has 1 atom stereocenters. The van der Waals surface area contributed by atoms with E-state index in [1.165, 1.54) is 5.56 Å². The number of aromatic nitrogens is 2. The van der Waals surface area contributed by atoms with Gasteiger partial charge in [0.1, 0.15) is 11.5 Å². The zero-order chi connectivity index (χ0) is 18.5. The molecule has 1 aromatic carbocycles. The molecule has 0 radical (unpaired) electrons. The Labute approximate surface area is 154 Å². The Bertz CT molecular complexity index is 771. The zero-order valence-corrected chi connectivity index (χ0v) is 15.6. The standard InChI is InChI=1S/C19H27N5O2/c1-20-19(21-11-16-9-17(26-3)4-5-18(16)25)24-7-6-14(13-24)8-15-10-22-23(2)12-15/h4-5,9-10,12,14,25H,6-8,11,13H2,1-3H3,(H,20,21). The van der Waals surface area contributed by atoms with Crippen LogP contribution in [0.25, 0.3) is 0 Å². The Morgan fingerprint density at radius 2 is 2.31 bits per heavy atom. The molecule has 1 aliphatic rings. The van der Waals surface area contributed by atoms with Crippen LogP contribution in [0.15, 0.2) is 35.6 Å². The van der Waals surface area contributed by atoms with Gasteiger partial charge in [-0.1, -0.05) is 0 Å². The van der Waals surface area contributed by atoms with E-state index in [4.69, 9.17) is 4.74 Å². The minimum absolute atomic E-state index is 0.254. The number of aryl methyl sites for hydroxylation is 1. The molecule has 1 fully saturated rings. The highest BCUT2D eigenvalue weighted by Gasteiger charge is 2.25. The molecule has 7 heteroatoms. The molecule has 0 amide bonds. The van der Waals surface area contributed by atoms with Gasteiger partial charge in [0.05, 0.1) is 13.3 Å². The molecule has 3 rings (SSSR count). The fourth-order valence-corrected chi connectivity index (χ4v) is 3.44. The van der Waals surface area contributed by atoms with Crippen LogP contribution in [0, 0.1) is 5.92 Å². The fourth-order valence-electron chi connectivity index (χ4n) is 3.44. The molecular weight excluding hydrogens is 330 g/mol. The quantitative estimate of drug-likeness (QED) is 0.630. The van der Waals surface area contributed by atoms with Gasteiger partial charge < -0.3 is 20.1 Å². The lowest BCUT2D eigenvalue weighted by atomic mass is 10.0. The van der Waals surface area contributed by atoms with Gasteiger partial charge in [0.15, 0.2) is 5.96 Å². The van der Waals surface area contributed by atoms with Crippen molar-refractivity contribution in [3.8, 4) is 11.5 Å². The summed E-state index contributed by atoms with van der Waals surface area (Å²) in [5.41, 5.74) is 2.07. The SMILES string of the molecule is CN=C(NCc1cc(OC)ccc1O)N1CCC(Cc2cnn(C)c2)C1. The number of phenols is 1. The predicted octanol–water partition coefficient (Wildman–Crippen LogP) is 1.77. The van der Waals surface area contributed by atoms with E-state index in [1.54, 1.807) is 26.3 Å². The number of nitrogens with one attached hydrogen (secondary N) is 1. The Morgan fingerprint density at radius 3 is 3.00 bits per heavy atom. The smallest absolute Gasteiger partial charge is 0.193 e. The number of likely N-dealkylation sites (tertiary alicyclic amines) is 1. The summed E-state index contributed by atoms with van der Waals surface area (Å²) in [7, 11) is 5.36. The van der Waals surface area contributed by atoms with Crippen LogP contribution >= 0.6 is 0 Å². The van der Waals surface area contributed by atoms with Crippen LogP contribution in [-0.4, -0.2) is 53.0 Å². The van der Waals surface area contributed by atoms with Crippen molar-refractivity contribution in [2.24, 2.45) is 18.0 Å². The average Bonchev–Trinajstić information content (AvgIpc) is 3.26. The van der Waals surface area contributed by atoms with Crippen molar-refractivity contribution in [3.05, 3.63) is 41.7 Å². The predicted molar refractivity (Wildman–Crippen MR) is 101 cm³/mol. The first-order valence-corrected chi connectivity index (χ1v) is 8.88. The monoisotopic (exact) mass is 357 g/mol. The number of nitrogens with zero attached hydrogens (tertiary/aromatic N) is 4. The molecule has 1 unspecified atom stereocenters. The Morgan fingerprint density at radius 1 is 1.46 bits per heavy atom. The third-order valence-corrected chi connectivity index (χ3v) is 4.80. The molecule has 1 aliphatic heterocycles. The van der Waals surface area contributed by atoms with Gasteiger partial charge in [0.25, 0.3) is 0 Å². The van der Waals surface area contributed by atoms with E-state index >= 15 is 0 Å². The molecule has 7 nitrogen and oxygen atoms in total. The molecule has 0 saturated carbocycles. The Kier molecular flexibility index (Phi) is 5.65. The van der Waals surface area contributed by atoms with Crippen molar-refractivity contribution in [1.29, 1.82) is 0 Å². The van der Waals surface area contributed by atoms with Crippen LogP contribution in [0.5, 0.6) is 11.5 Å². The minimum Gasteiger partial charge on any atom is -0.508 e. The molecule has 1 saturated heterocycles. The number of guanidine groups is 1. The summed E-state index contributed by atoms with van der Waals surface area (Å²) in [4.78, 5) is 6.68. The van der Waals surface area contributed by atoms with Gasteiger partial charge in [-0.2, -0.15) is 5.10 Å². The van der Waals surface area contributed by atoms with Crippen molar-refractivity contribution in [3.63, 3.8) is 0 Å². The lowest BCUT2D eigenvalue weighted by molar-refractivity contribution is 0.410. The second-order valence-corrected chi connectivity index (χ2v) is 6.72. The maximum absolute atomic E-state index is 10.0.